The molecule has 4 nitrogen and oxygen atoms in total. The van der Waals surface area contributed by atoms with Gasteiger partial charge in [-0.05, 0) is 45.3 Å². The van der Waals surface area contributed by atoms with E-state index in [2.05, 4.69) is 64.0 Å². The standard InChI is InChI=1S/C22H36O4Si2/c1-9-20(24-18(4)25-21(23)17(2)3)22(19-13-11-10-12-14-19)15-16-27(5,6)28(7,8)26-22/h10-14,18,20H,2,9,15-16H2,1,3-8H3. The molecule has 1 aliphatic heterocycles. The highest BCUT2D eigenvalue weighted by molar-refractivity contribution is 7.38. The molecule has 1 aromatic rings. The van der Waals surface area contributed by atoms with Gasteiger partial charge in [-0.1, -0.05) is 63.0 Å². The Kier molecular flexibility index (Phi) is 7.13. The maximum atomic E-state index is 11.9. The molecule has 1 aliphatic rings. The molecular weight excluding hydrogens is 384 g/mol. The molecule has 3 unspecified atom stereocenters. The Labute approximate surface area is 172 Å². The Morgan fingerprint density at radius 3 is 2.36 bits per heavy atom. The highest BCUT2D eigenvalue weighted by atomic mass is 29.3. The van der Waals surface area contributed by atoms with Crippen molar-refractivity contribution in [3.8, 4) is 0 Å². The van der Waals surface area contributed by atoms with Crippen LogP contribution >= 0.6 is 0 Å². The quantitative estimate of drug-likeness (QED) is 0.251. The second kappa shape index (κ2) is 8.65. The number of rotatable bonds is 7. The minimum Gasteiger partial charge on any atom is -0.433 e. The molecule has 1 heterocycles. The van der Waals surface area contributed by atoms with E-state index in [0.29, 0.717) is 5.57 Å². The fraction of sp³-hybridized carbons (Fsp3) is 0.591. The molecule has 156 valence electrons. The van der Waals surface area contributed by atoms with E-state index in [0.717, 1.165) is 18.4 Å². The Bertz CT molecular complexity index is 702. The molecular formula is C22H36O4Si2. The first-order valence-electron chi connectivity index (χ1n) is 10.2. The van der Waals surface area contributed by atoms with Crippen LogP contribution in [0.15, 0.2) is 42.5 Å². The van der Waals surface area contributed by atoms with Gasteiger partial charge in [0.25, 0.3) is 0 Å². The predicted octanol–water partition coefficient (Wildman–Crippen LogP) is 5.55. The molecule has 0 radical (unpaired) electrons. The summed E-state index contributed by atoms with van der Waals surface area (Å²) in [7, 11) is -3.29. The Hall–Kier alpha value is -1.22. The van der Waals surface area contributed by atoms with E-state index in [1.54, 1.807) is 13.8 Å². The Morgan fingerprint density at radius 1 is 1.25 bits per heavy atom. The lowest BCUT2D eigenvalue weighted by Gasteiger charge is -2.55. The number of carbonyl (C=O) groups excluding carboxylic acids is 1. The summed E-state index contributed by atoms with van der Waals surface area (Å²) in [5.74, 6) is -0.427. The van der Waals surface area contributed by atoms with Crippen molar-refractivity contribution in [1.82, 2.24) is 0 Å². The number of benzene rings is 1. The van der Waals surface area contributed by atoms with Crippen LogP contribution in [0.25, 0.3) is 0 Å². The minimum absolute atomic E-state index is 0.195. The summed E-state index contributed by atoms with van der Waals surface area (Å²) in [5, 5.41) is 0. The van der Waals surface area contributed by atoms with Gasteiger partial charge in [0, 0.05) is 5.57 Å². The van der Waals surface area contributed by atoms with Crippen LogP contribution in [0.5, 0.6) is 0 Å². The fourth-order valence-corrected chi connectivity index (χ4v) is 10.5. The first-order chi connectivity index (χ1) is 12.9. The van der Waals surface area contributed by atoms with Gasteiger partial charge in [0.1, 0.15) is 5.60 Å². The number of hydrogen-bond acceptors (Lipinski definition) is 4. The summed E-state index contributed by atoms with van der Waals surface area (Å²) < 4.78 is 18.8. The van der Waals surface area contributed by atoms with Crippen LogP contribution in [0.2, 0.25) is 32.2 Å². The molecule has 0 aliphatic carbocycles. The first kappa shape index (κ1) is 23.1. The molecule has 0 aromatic heterocycles. The van der Waals surface area contributed by atoms with E-state index in [1.807, 2.05) is 6.07 Å². The van der Waals surface area contributed by atoms with E-state index in [-0.39, 0.29) is 6.10 Å². The maximum absolute atomic E-state index is 11.9. The monoisotopic (exact) mass is 420 g/mol. The lowest BCUT2D eigenvalue weighted by Crippen LogP contribution is -2.67. The van der Waals surface area contributed by atoms with E-state index >= 15 is 0 Å². The van der Waals surface area contributed by atoms with Gasteiger partial charge < -0.3 is 13.9 Å². The molecule has 0 N–H and O–H groups in total. The van der Waals surface area contributed by atoms with Crippen LogP contribution in [0.3, 0.4) is 0 Å². The van der Waals surface area contributed by atoms with Crippen molar-refractivity contribution in [2.45, 2.75) is 83.8 Å². The number of hydrogen-bond donors (Lipinski definition) is 0. The van der Waals surface area contributed by atoms with E-state index in [9.17, 15) is 4.79 Å². The van der Waals surface area contributed by atoms with E-state index in [4.69, 9.17) is 13.9 Å². The second-order valence-electron chi connectivity index (χ2n) is 9.04. The molecule has 0 spiro atoms. The van der Waals surface area contributed by atoms with Crippen molar-refractivity contribution in [2.24, 2.45) is 0 Å². The van der Waals surface area contributed by atoms with Crippen LogP contribution in [0.4, 0.5) is 0 Å². The largest absolute Gasteiger partial charge is 0.433 e. The number of esters is 1. The van der Waals surface area contributed by atoms with Gasteiger partial charge in [-0.25, -0.2) is 4.79 Å². The Morgan fingerprint density at radius 2 is 1.86 bits per heavy atom. The van der Waals surface area contributed by atoms with Gasteiger partial charge in [0.15, 0.2) is 7.83 Å². The first-order valence-corrected chi connectivity index (χ1v) is 17.3. The molecule has 0 bridgehead atoms. The second-order valence-corrected chi connectivity index (χ2v) is 24.2. The highest BCUT2D eigenvalue weighted by Crippen LogP contribution is 2.48. The van der Waals surface area contributed by atoms with Gasteiger partial charge in [0.2, 0.25) is 6.29 Å². The SMILES string of the molecule is C=C(C)C(=O)OC(C)OC(CC)C1(c2ccccc2)CC[Si](C)(C)[Si](C)(C)O1. The highest BCUT2D eigenvalue weighted by Gasteiger charge is 2.56. The zero-order chi connectivity index (χ0) is 21.2. The zero-order valence-corrected chi connectivity index (χ0v) is 20.5. The number of carbonyl (C=O) groups is 1. The number of ether oxygens (including phenoxy) is 2. The molecule has 3 atom stereocenters. The molecule has 1 aromatic carbocycles. The Balaban J connectivity index is 2.38. The van der Waals surface area contributed by atoms with Crippen molar-refractivity contribution in [2.75, 3.05) is 0 Å². The normalized spacial score (nSPS) is 25.5. The minimum atomic E-state index is -1.88. The van der Waals surface area contributed by atoms with Crippen molar-refractivity contribution in [1.29, 1.82) is 0 Å². The summed E-state index contributed by atoms with van der Waals surface area (Å²) in [4.78, 5) is 11.9. The molecule has 6 heteroatoms. The van der Waals surface area contributed by atoms with Crippen LogP contribution in [0, 0.1) is 0 Å². The van der Waals surface area contributed by atoms with Gasteiger partial charge in [-0.15, -0.1) is 0 Å². The third-order valence-corrected chi connectivity index (χ3v) is 22.8. The van der Waals surface area contributed by atoms with Crippen molar-refractivity contribution >= 4 is 21.4 Å². The topological polar surface area (TPSA) is 44.8 Å². The molecule has 1 fully saturated rings. The van der Waals surface area contributed by atoms with Crippen LogP contribution in [0.1, 0.15) is 39.2 Å². The summed E-state index contributed by atoms with van der Waals surface area (Å²) in [5.41, 5.74) is 1.03. The molecule has 0 saturated carbocycles. The van der Waals surface area contributed by atoms with Crippen molar-refractivity contribution in [3.05, 3.63) is 48.0 Å². The lowest BCUT2D eigenvalue weighted by atomic mass is 9.84. The smallest absolute Gasteiger partial charge is 0.335 e. The molecule has 2 rings (SSSR count). The maximum Gasteiger partial charge on any atom is 0.335 e. The molecule has 1 saturated heterocycles. The zero-order valence-electron chi connectivity index (χ0n) is 18.5. The third kappa shape index (κ3) is 4.67. The molecule has 0 amide bonds. The van der Waals surface area contributed by atoms with Crippen LogP contribution in [-0.2, 0) is 24.3 Å². The van der Waals surface area contributed by atoms with E-state index in [1.165, 1.54) is 6.04 Å². The average molecular weight is 421 g/mol. The summed E-state index contributed by atoms with van der Waals surface area (Å²) >= 11 is 0. The van der Waals surface area contributed by atoms with Gasteiger partial charge in [-0.2, -0.15) is 0 Å². The van der Waals surface area contributed by atoms with Gasteiger partial charge >= 0.3 is 5.97 Å². The lowest BCUT2D eigenvalue weighted by molar-refractivity contribution is -0.209. The molecule has 28 heavy (non-hydrogen) atoms. The average Bonchev–Trinajstić information content (AvgIpc) is 2.62. The summed E-state index contributed by atoms with van der Waals surface area (Å²) in [6, 6.07) is 11.6. The summed E-state index contributed by atoms with van der Waals surface area (Å²) in [6.07, 6.45) is 0.859. The third-order valence-electron chi connectivity index (χ3n) is 6.32. The predicted molar refractivity (Wildman–Crippen MR) is 119 cm³/mol. The van der Waals surface area contributed by atoms with Gasteiger partial charge in [0.05, 0.1) is 13.7 Å². The summed E-state index contributed by atoms with van der Waals surface area (Å²) in [6.45, 7) is 18.8. The van der Waals surface area contributed by atoms with Crippen LogP contribution in [-0.4, -0.2) is 33.8 Å². The van der Waals surface area contributed by atoms with E-state index < -0.39 is 33.3 Å². The van der Waals surface area contributed by atoms with Crippen molar-refractivity contribution in [3.63, 3.8) is 0 Å². The van der Waals surface area contributed by atoms with Crippen molar-refractivity contribution < 1.29 is 18.7 Å². The fourth-order valence-electron chi connectivity index (χ4n) is 3.83. The van der Waals surface area contributed by atoms with Crippen LogP contribution < -0.4 is 0 Å². The van der Waals surface area contributed by atoms with Gasteiger partial charge in [-0.3, -0.25) is 0 Å².